The molecule has 1 aromatic carbocycles. The Bertz CT molecular complexity index is 508. The molecule has 0 aliphatic heterocycles. The molecule has 0 aliphatic rings. The van der Waals surface area contributed by atoms with E-state index in [0.29, 0.717) is 0 Å². The van der Waals surface area contributed by atoms with Crippen LogP contribution in [0, 0.1) is 6.92 Å². The zero-order valence-corrected chi connectivity index (χ0v) is 10.2. The molecule has 2 heteroatoms. The van der Waals surface area contributed by atoms with Crippen LogP contribution >= 0.6 is 0 Å². The summed E-state index contributed by atoms with van der Waals surface area (Å²) in [5.41, 5.74) is 4.07. The second-order valence-corrected chi connectivity index (χ2v) is 4.25. The summed E-state index contributed by atoms with van der Waals surface area (Å²) in [7, 11) is 0. The standard InChI is InChI=1S/C15H17NO/c1-3-12-6-4-5-7-14(12)15(17)13-8-11(2)9-16-10-13/h4-10,15,17H,3H2,1-2H3. The van der Waals surface area contributed by atoms with Crippen LogP contribution in [0.2, 0.25) is 0 Å². The molecule has 0 aliphatic carbocycles. The summed E-state index contributed by atoms with van der Waals surface area (Å²) in [5.74, 6) is 0. The van der Waals surface area contributed by atoms with Gasteiger partial charge in [-0.2, -0.15) is 0 Å². The summed E-state index contributed by atoms with van der Waals surface area (Å²) in [5, 5.41) is 10.4. The van der Waals surface area contributed by atoms with Gasteiger partial charge in [0.1, 0.15) is 6.10 Å². The summed E-state index contributed by atoms with van der Waals surface area (Å²) >= 11 is 0. The molecule has 0 saturated carbocycles. The number of pyridine rings is 1. The monoisotopic (exact) mass is 227 g/mol. The summed E-state index contributed by atoms with van der Waals surface area (Å²) in [6.45, 7) is 4.08. The summed E-state index contributed by atoms with van der Waals surface area (Å²) in [6, 6.07) is 9.97. The van der Waals surface area contributed by atoms with E-state index in [1.165, 1.54) is 5.56 Å². The Morgan fingerprint density at radius 3 is 2.71 bits per heavy atom. The third-order valence-corrected chi connectivity index (χ3v) is 2.94. The second kappa shape index (κ2) is 5.11. The Labute approximate surface area is 102 Å². The van der Waals surface area contributed by atoms with Crippen molar-refractivity contribution in [2.45, 2.75) is 26.4 Å². The molecule has 0 fully saturated rings. The van der Waals surface area contributed by atoms with Gasteiger partial charge in [-0.25, -0.2) is 0 Å². The first-order valence-corrected chi connectivity index (χ1v) is 5.89. The van der Waals surface area contributed by atoms with Gasteiger partial charge in [-0.15, -0.1) is 0 Å². The van der Waals surface area contributed by atoms with Crippen molar-refractivity contribution in [3.63, 3.8) is 0 Å². The van der Waals surface area contributed by atoms with E-state index in [0.717, 1.165) is 23.1 Å². The van der Waals surface area contributed by atoms with Crippen LogP contribution in [0.1, 0.15) is 35.3 Å². The molecule has 0 radical (unpaired) electrons. The van der Waals surface area contributed by atoms with Gasteiger partial charge in [-0.05, 0) is 30.0 Å². The van der Waals surface area contributed by atoms with Crippen LogP contribution in [0.3, 0.4) is 0 Å². The largest absolute Gasteiger partial charge is 0.384 e. The summed E-state index contributed by atoms with van der Waals surface area (Å²) in [4.78, 5) is 4.13. The number of benzene rings is 1. The van der Waals surface area contributed by atoms with Gasteiger partial charge in [0.05, 0.1) is 0 Å². The van der Waals surface area contributed by atoms with Crippen LogP contribution in [0.25, 0.3) is 0 Å². The molecular formula is C15H17NO. The van der Waals surface area contributed by atoms with Gasteiger partial charge in [0.2, 0.25) is 0 Å². The molecule has 0 amide bonds. The molecule has 2 nitrogen and oxygen atoms in total. The molecule has 0 bridgehead atoms. The van der Waals surface area contributed by atoms with Crippen molar-refractivity contribution in [2.24, 2.45) is 0 Å². The molecule has 1 aromatic heterocycles. The molecule has 2 aromatic rings. The van der Waals surface area contributed by atoms with Crippen molar-refractivity contribution in [1.82, 2.24) is 4.98 Å². The van der Waals surface area contributed by atoms with E-state index in [9.17, 15) is 5.11 Å². The smallest absolute Gasteiger partial charge is 0.106 e. The average molecular weight is 227 g/mol. The minimum Gasteiger partial charge on any atom is -0.384 e. The van der Waals surface area contributed by atoms with Gasteiger partial charge in [0.25, 0.3) is 0 Å². The topological polar surface area (TPSA) is 33.1 Å². The van der Waals surface area contributed by atoms with Crippen LogP contribution in [0.5, 0.6) is 0 Å². The van der Waals surface area contributed by atoms with Crippen molar-refractivity contribution in [2.75, 3.05) is 0 Å². The van der Waals surface area contributed by atoms with Crippen molar-refractivity contribution >= 4 is 0 Å². The lowest BCUT2D eigenvalue weighted by Gasteiger charge is -2.15. The highest BCUT2D eigenvalue weighted by Gasteiger charge is 2.13. The molecule has 88 valence electrons. The van der Waals surface area contributed by atoms with Crippen molar-refractivity contribution in [1.29, 1.82) is 0 Å². The SMILES string of the molecule is CCc1ccccc1C(O)c1cncc(C)c1. The maximum atomic E-state index is 10.4. The quantitative estimate of drug-likeness (QED) is 0.874. The molecule has 1 N–H and O–H groups in total. The van der Waals surface area contributed by atoms with Gasteiger partial charge in [0, 0.05) is 18.0 Å². The zero-order valence-electron chi connectivity index (χ0n) is 10.2. The predicted octanol–water partition coefficient (Wildman–Crippen LogP) is 3.03. The molecule has 17 heavy (non-hydrogen) atoms. The zero-order chi connectivity index (χ0) is 12.3. The Morgan fingerprint density at radius 1 is 1.24 bits per heavy atom. The highest BCUT2D eigenvalue weighted by molar-refractivity contribution is 5.35. The second-order valence-electron chi connectivity index (χ2n) is 4.25. The van der Waals surface area contributed by atoms with E-state index in [1.54, 1.807) is 12.4 Å². The molecule has 1 heterocycles. The first kappa shape index (κ1) is 11.8. The summed E-state index contributed by atoms with van der Waals surface area (Å²) in [6.07, 6.45) is 3.86. The van der Waals surface area contributed by atoms with Crippen LogP contribution in [0.4, 0.5) is 0 Å². The lowest BCUT2D eigenvalue weighted by molar-refractivity contribution is 0.218. The highest BCUT2D eigenvalue weighted by atomic mass is 16.3. The molecule has 1 atom stereocenters. The van der Waals surface area contributed by atoms with Gasteiger partial charge in [-0.3, -0.25) is 4.98 Å². The van der Waals surface area contributed by atoms with Crippen molar-refractivity contribution in [3.05, 3.63) is 65.0 Å². The van der Waals surface area contributed by atoms with Crippen molar-refractivity contribution in [3.8, 4) is 0 Å². The van der Waals surface area contributed by atoms with Gasteiger partial charge in [-0.1, -0.05) is 37.3 Å². The van der Waals surface area contributed by atoms with E-state index < -0.39 is 6.10 Å². The van der Waals surface area contributed by atoms with Crippen molar-refractivity contribution < 1.29 is 5.11 Å². The molecule has 0 saturated heterocycles. The number of aliphatic hydroxyl groups excluding tert-OH is 1. The maximum absolute atomic E-state index is 10.4. The number of rotatable bonds is 3. The minimum absolute atomic E-state index is 0.585. The maximum Gasteiger partial charge on any atom is 0.106 e. The average Bonchev–Trinajstić information content (AvgIpc) is 2.38. The number of aryl methyl sites for hydroxylation is 2. The molecular weight excluding hydrogens is 210 g/mol. The van der Waals surface area contributed by atoms with Crippen LogP contribution in [-0.2, 0) is 6.42 Å². The summed E-state index contributed by atoms with van der Waals surface area (Å²) < 4.78 is 0. The first-order valence-electron chi connectivity index (χ1n) is 5.89. The third-order valence-electron chi connectivity index (χ3n) is 2.94. The predicted molar refractivity (Wildman–Crippen MR) is 68.9 cm³/mol. The molecule has 0 spiro atoms. The fraction of sp³-hybridized carbons (Fsp3) is 0.267. The Balaban J connectivity index is 2.40. The van der Waals surface area contributed by atoms with Gasteiger partial charge in [0.15, 0.2) is 0 Å². The van der Waals surface area contributed by atoms with Crippen LogP contribution in [-0.4, -0.2) is 10.1 Å². The first-order chi connectivity index (χ1) is 8.22. The fourth-order valence-electron chi connectivity index (χ4n) is 2.03. The number of aliphatic hydroxyl groups is 1. The lowest BCUT2D eigenvalue weighted by atomic mass is 9.96. The Hall–Kier alpha value is -1.67. The Morgan fingerprint density at radius 2 is 2.00 bits per heavy atom. The molecule has 1 unspecified atom stereocenters. The third kappa shape index (κ3) is 2.53. The normalized spacial score (nSPS) is 12.4. The number of hydrogen-bond donors (Lipinski definition) is 1. The number of hydrogen-bond acceptors (Lipinski definition) is 2. The van der Waals surface area contributed by atoms with E-state index in [1.807, 2.05) is 31.2 Å². The van der Waals surface area contributed by atoms with E-state index in [-0.39, 0.29) is 0 Å². The van der Waals surface area contributed by atoms with Crippen LogP contribution < -0.4 is 0 Å². The number of aromatic nitrogens is 1. The van der Waals surface area contributed by atoms with Gasteiger partial charge >= 0.3 is 0 Å². The fourth-order valence-corrected chi connectivity index (χ4v) is 2.03. The van der Waals surface area contributed by atoms with Crippen LogP contribution in [0.15, 0.2) is 42.7 Å². The lowest BCUT2D eigenvalue weighted by Crippen LogP contribution is -2.04. The van der Waals surface area contributed by atoms with E-state index in [4.69, 9.17) is 0 Å². The Kier molecular flexibility index (Phi) is 3.55. The minimum atomic E-state index is -0.585. The molecule has 2 rings (SSSR count). The van der Waals surface area contributed by atoms with E-state index >= 15 is 0 Å². The highest BCUT2D eigenvalue weighted by Crippen LogP contribution is 2.25. The van der Waals surface area contributed by atoms with E-state index in [2.05, 4.69) is 18.0 Å². The number of nitrogens with zero attached hydrogens (tertiary/aromatic N) is 1. The van der Waals surface area contributed by atoms with Gasteiger partial charge < -0.3 is 5.11 Å².